The lowest BCUT2D eigenvalue weighted by molar-refractivity contribution is 0.606. The maximum atomic E-state index is 11.8. The minimum atomic E-state index is -0.206. The lowest BCUT2D eigenvalue weighted by Crippen LogP contribution is -2.24. The van der Waals surface area contributed by atoms with Crippen LogP contribution < -0.4 is 5.56 Å². The molecule has 2 aromatic rings. The molecule has 0 atom stereocenters. The SMILES string of the molecule is C=C(Cl)Cn1nnc2ccccc2c1=O. The highest BCUT2D eigenvalue weighted by Crippen LogP contribution is 2.04. The highest BCUT2D eigenvalue weighted by atomic mass is 35.5. The summed E-state index contributed by atoms with van der Waals surface area (Å²) in [4.78, 5) is 11.8. The summed E-state index contributed by atoms with van der Waals surface area (Å²) < 4.78 is 1.19. The van der Waals surface area contributed by atoms with Gasteiger partial charge in [-0.25, -0.2) is 4.68 Å². The summed E-state index contributed by atoms with van der Waals surface area (Å²) in [6.45, 7) is 3.69. The standard InChI is InChI=1S/C10H8ClN3O/c1-7(11)6-14-10(15)8-4-2-3-5-9(8)12-13-14/h2-5H,1,6H2. The first kappa shape index (κ1) is 9.86. The second kappa shape index (κ2) is 3.82. The molecule has 0 aliphatic heterocycles. The maximum Gasteiger partial charge on any atom is 0.277 e. The van der Waals surface area contributed by atoms with Crippen LogP contribution in [0.2, 0.25) is 0 Å². The van der Waals surface area contributed by atoms with Crippen molar-refractivity contribution in [2.45, 2.75) is 6.54 Å². The average molecular weight is 222 g/mol. The van der Waals surface area contributed by atoms with Crippen LogP contribution in [0.3, 0.4) is 0 Å². The van der Waals surface area contributed by atoms with Crippen molar-refractivity contribution in [1.82, 2.24) is 15.0 Å². The van der Waals surface area contributed by atoms with Gasteiger partial charge < -0.3 is 0 Å². The van der Waals surface area contributed by atoms with Crippen molar-refractivity contribution in [3.63, 3.8) is 0 Å². The number of aromatic nitrogens is 3. The Morgan fingerprint density at radius 2 is 2.20 bits per heavy atom. The Bertz CT molecular complexity index is 576. The molecule has 0 N–H and O–H groups in total. The Hall–Kier alpha value is -1.68. The molecule has 15 heavy (non-hydrogen) atoms. The summed E-state index contributed by atoms with van der Waals surface area (Å²) in [6.07, 6.45) is 0. The number of rotatable bonds is 2. The van der Waals surface area contributed by atoms with E-state index in [1.165, 1.54) is 4.68 Å². The lowest BCUT2D eigenvalue weighted by atomic mass is 10.2. The van der Waals surface area contributed by atoms with Crippen LogP contribution in [0.5, 0.6) is 0 Å². The first-order chi connectivity index (χ1) is 7.18. The molecule has 0 unspecified atom stereocenters. The van der Waals surface area contributed by atoms with Crippen LogP contribution in [0, 0.1) is 0 Å². The molecule has 0 amide bonds. The largest absolute Gasteiger partial charge is 0.277 e. The molecule has 0 aliphatic carbocycles. The van der Waals surface area contributed by atoms with Crippen LogP contribution in [0.25, 0.3) is 10.9 Å². The predicted octanol–water partition coefficient (Wildman–Crippen LogP) is 1.54. The maximum absolute atomic E-state index is 11.8. The van der Waals surface area contributed by atoms with Crippen molar-refractivity contribution in [2.24, 2.45) is 0 Å². The zero-order valence-corrected chi connectivity index (χ0v) is 8.61. The van der Waals surface area contributed by atoms with Gasteiger partial charge in [-0.05, 0) is 12.1 Å². The monoisotopic (exact) mass is 221 g/mol. The van der Waals surface area contributed by atoms with E-state index < -0.39 is 0 Å². The Morgan fingerprint density at radius 3 is 2.93 bits per heavy atom. The number of allylic oxidation sites excluding steroid dienone is 1. The first-order valence-corrected chi connectivity index (χ1v) is 4.72. The smallest absolute Gasteiger partial charge is 0.267 e. The second-order valence-electron chi connectivity index (χ2n) is 3.09. The predicted molar refractivity (Wildman–Crippen MR) is 58.8 cm³/mol. The fourth-order valence-electron chi connectivity index (χ4n) is 1.29. The highest BCUT2D eigenvalue weighted by Gasteiger charge is 2.04. The van der Waals surface area contributed by atoms with Gasteiger partial charge in [-0.2, -0.15) is 0 Å². The van der Waals surface area contributed by atoms with E-state index >= 15 is 0 Å². The summed E-state index contributed by atoms with van der Waals surface area (Å²) in [7, 11) is 0. The molecule has 1 aromatic heterocycles. The fourth-order valence-corrected chi connectivity index (χ4v) is 1.40. The molecule has 76 valence electrons. The zero-order valence-electron chi connectivity index (χ0n) is 7.85. The first-order valence-electron chi connectivity index (χ1n) is 4.34. The Kier molecular flexibility index (Phi) is 2.51. The van der Waals surface area contributed by atoms with Crippen molar-refractivity contribution < 1.29 is 0 Å². The zero-order chi connectivity index (χ0) is 10.8. The Morgan fingerprint density at radius 1 is 1.47 bits per heavy atom. The number of nitrogens with zero attached hydrogens (tertiary/aromatic N) is 3. The summed E-state index contributed by atoms with van der Waals surface area (Å²) in [5.74, 6) is 0. The minimum Gasteiger partial charge on any atom is -0.267 e. The van der Waals surface area contributed by atoms with E-state index in [2.05, 4.69) is 16.9 Å². The third kappa shape index (κ3) is 1.89. The van der Waals surface area contributed by atoms with Crippen LogP contribution in [-0.4, -0.2) is 15.0 Å². The topological polar surface area (TPSA) is 47.8 Å². The van der Waals surface area contributed by atoms with Crippen LogP contribution >= 0.6 is 11.6 Å². The van der Waals surface area contributed by atoms with Crippen LogP contribution in [0.15, 0.2) is 40.7 Å². The van der Waals surface area contributed by atoms with Crippen molar-refractivity contribution in [2.75, 3.05) is 0 Å². The highest BCUT2D eigenvalue weighted by molar-refractivity contribution is 6.29. The summed E-state index contributed by atoms with van der Waals surface area (Å²) in [5.41, 5.74) is 0.376. The van der Waals surface area contributed by atoms with Gasteiger partial charge >= 0.3 is 0 Å². The second-order valence-corrected chi connectivity index (χ2v) is 3.62. The van der Waals surface area contributed by atoms with Gasteiger partial charge in [-0.1, -0.05) is 35.5 Å². The third-order valence-corrected chi connectivity index (χ3v) is 2.07. The van der Waals surface area contributed by atoms with Gasteiger partial charge in [0.05, 0.1) is 11.9 Å². The Labute approximate surface area is 90.8 Å². The average Bonchev–Trinajstić information content (AvgIpc) is 2.22. The molecule has 0 aliphatic rings. The van der Waals surface area contributed by atoms with E-state index in [-0.39, 0.29) is 12.1 Å². The van der Waals surface area contributed by atoms with E-state index in [9.17, 15) is 4.79 Å². The molecule has 5 heteroatoms. The molecule has 0 saturated carbocycles. The number of hydrogen-bond donors (Lipinski definition) is 0. The van der Waals surface area contributed by atoms with Crippen LogP contribution in [0.4, 0.5) is 0 Å². The van der Waals surface area contributed by atoms with E-state index in [0.29, 0.717) is 15.9 Å². The molecule has 0 bridgehead atoms. The molecule has 4 nitrogen and oxygen atoms in total. The van der Waals surface area contributed by atoms with Gasteiger partial charge in [0.1, 0.15) is 5.52 Å². The van der Waals surface area contributed by atoms with Crippen LogP contribution in [0.1, 0.15) is 0 Å². The third-order valence-electron chi connectivity index (χ3n) is 1.95. The molecule has 0 spiro atoms. The van der Waals surface area contributed by atoms with Gasteiger partial charge in [-0.3, -0.25) is 4.79 Å². The number of fused-ring (bicyclic) bond motifs is 1. The number of hydrogen-bond acceptors (Lipinski definition) is 3. The summed E-state index contributed by atoms with van der Waals surface area (Å²) >= 11 is 5.61. The summed E-state index contributed by atoms with van der Waals surface area (Å²) in [6, 6.07) is 7.04. The van der Waals surface area contributed by atoms with Gasteiger partial charge in [-0.15, -0.1) is 5.10 Å². The van der Waals surface area contributed by atoms with E-state index in [4.69, 9.17) is 11.6 Å². The van der Waals surface area contributed by atoms with Crippen molar-refractivity contribution in [3.05, 3.63) is 46.2 Å². The lowest BCUT2D eigenvalue weighted by Gasteiger charge is -2.02. The van der Waals surface area contributed by atoms with E-state index in [0.717, 1.165) is 0 Å². The molecule has 0 saturated heterocycles. The normalized spacial score (nSPS) is 10.5. The number of benzene rings is 1. The quantitative estimate of drug-likeness (QED) is 0.773. The van der Waals surface area contributed by atoms with E-state index in [1.54, 1.807) is 24.3 Å². The molecule has 1 heterocycles. The van der Waals surface area contributed by atoms with Crippen molar-refractivity contribution in [1.29, 1.82) is 0 Å². The molecule has 1 aromatic carbocycles. The number of halogens is 1. The van der Waals surface area contributed by atoms with Gasteiger partial charge in [0.25, 0.3) is 5.56 Å². The molecule has 0 fully saturated rings. The van der Waals surface area contributed by atoms with E-state index in [1.807, 2.05) is 0 Å². The van der Waals surface area contributed by atoms with Crippen molar-refractivity contribution >= 4 is 22.5 Å². The van der Waals surface area contributed by atoms with Gasteiger partial charge in [0, 0.05) is 5.03 Å². The molecule has 0 radical (unpaired) electrons. The fraction of sp³-hybridized carbons (Fsp3) is 0.100. The van der Waals surface area contributed by atoms with Gasteiger partial charge in [0.15, 0.2) is 0 Å². The van der Waals surface area contributed by atoms with Crippen LogP contribution in [-0.2, 0) is 6.54 Å². The summed E-state index contributed by atoms with van der Waals surface area (Å²) in [5, 5.41) is 8.55. The Balaban J connectivity index is 2.65. The van der Waals surface area contributed by atoms with Crippen molar-refractivity contribution in [3.8, 4) is 0 Å². The molecular weight excluding hydrogens is 214 g/mol. The van der Waals surface area contributed by atoms with Gasteiger partial charge in [0.2, 0.25) is 0 Å². The molecule has 2 rings (SSSR count). The molecular formula is C10H8ClN3O. The minimum absolute atomic E-state index is 0.179.